The molecule has 0 saturated carbocycles. The molecule has 0 spiro atoms. The first-order valence-electron chi connectivity index (χ1n) is 6.50. The molecule has 102 valence electrons. The van der Waals surface area contributed by atoms with Gasteiger partial charge in [-0.25, -0.2) is 0 Å². The molecule has 4 heteroatoms. The van der Waals surface area contributed by atoms with Crippen LogP contribution in [0, 0.1) is 5.92 Å². The fraction of sp³-hybridized carbons (Fsp3) is 0.467. The van der Waals surface area contributed by atoms with Crippen LogP contribution in [0.25, 0.3) is 0 Å². The van der Waals surface area contributed by atoms with Crippen molar-refractivity contribution in [2.75, 3.05) is 13.2 Å². The van der Waals surface area contributed by atoms with E-state index in [0.717, 1.165) is 5.56 Å². The largest absolute Gasteiger partial charge is 0.396 e. The van der Waals surface area contributed by atoms with Crippen LogP contribution in [0.3, 0.4) is 0 Å². The Morgan fingerprint density at radius 1 is 1.32 bits per heavy atom. The van der Waals surface area contributed by atoms with Gasteiger partial charge in [-0.3, -0.25) is 14.5 Å². The van der Waals surface area contributed by atoms with Gasteiger partial charge in [0.15, 0.2) is 0 Å². The Bertz CT molecular complexity index is 485. The van der Waals surface area contributed by atoms with E-state index < -0.39 is 5.41 Å². The van der Waals surface area contributed by atoms with Crippen molar-refractivity contribution < 1.29 is 14.7 Å². The average molecular weight is 261 g/mol. The van der Waals surface area contributed by atoms with Crippen LogP contribution < -0.4 is 0 Å². The summed E-state index contributed by atoms with van der Waals surface area (Å²) in [7, 11) is 0. The van der Waals surface area contributed by atoms with Crippen LogP contribution in [0.4, 0.5) is 0 Å². The molecule has 1 aliphatic heterocycles. The third-order valence-corrected chi connectivity index (χ3v) is 3.74. The molecular formula is C15H19NO3. The smallest absolute Gasteiger partial charge is 0.240 e. The van der Waals surface area contributed by atoms with Crippen molar-refractivity contribution in [3.8, 4) is 0 Å². The standard InChI is InChI=1S/C15H19NO3/c1-11(10-17)9-16-13(18)8-15(2,14(16)19)12-6-4-3-5-7-12/h3-7,11,17H,8-10H2,1-2H3. The number of aliphatic hydroxyl groups is 1. The zero-order chi connectivity index (χ0) is 14.0. The maximum absolute atomic E-state index is 12.5. The second-order valence-corrected chi connectivity index (χ2v) is 5.47. The highest BCUT2D eigenvalue weighted by Crippen LogP contribution is 2.36. The summed E-state index contributed by atoms with van der Waals surface area (Å²) in [4.78, 5) is 25.8. The maximum Gasteiger partial charge on any atom is 0.240 e. The third kappa shape index (κ3) is 2.40. The molecule has 1 aliphatic rings. The third-order valence-electron chi connectivity index (χ3n) is 3.74. The number of aliphatic hydroxyl groups excluding tert-OH is 1. The van der Waals surface area contributed by atoms with Gasteiger partial charge in [0, 0.05) is 19.6 Å². The molecule has 2 rings (SSSR count). The van der Waals surface area contributed by atoms with E-state index in [4.69, 9.17) is 5.11 Å². The van der Waals surface area contributed by atoms with Crippen molar-refractivity contribution >= 4 is 11.8 Å². The summed E-state index contributed by atoms with van der Waals surface area (Å²) in [6.07, 6.45) is 0.202. The van der Waals surface area contributed by atoms with E-state index in [2.05, 4.69) is 0 Å². The number of likely N-dealkylation sites (tertiary alicyclic amines) is 1. The molecule has 1 saturated heterocycles. The zero-order valence-corrected chi connectivity index (χ0v) is 11.3. The minimum absolute atomic E-state index is 0.0287. The number of nitrogens with zero attached hydrogens (tertiary/aromatic N) is 1. The van der Waals surface area contributed by atoms with Crippen molar-refractivity contribution in [1.29, 1.82) is 0 Å². The lowest BCUT2D eigenvalue weighted by Crippen LogP contribution is -2.39. The number of hydrogen-bond acceptors (Lipinski definition) is 3. The van der Waals surface area contributed by atoms with Gasteiger partial charge < -0.3 is 5.11 Å². The van der Waals surface area contributed by atoms with Gasteiger partial charge in [-0.1, -0.05) is 37.3 Å². The van der Waals surface area contributed by atoms with Gasteiger partial charge in [0.05, 0.1) is 5.41 Å². The van der Waals surface area contributed by atoms with Gasteiger partial charge >= 0.3 is 0 Å². The maximum atomic E-state index is 12.5. The second kappa shape index (κ2) is 5.13. The summed E-state index contributed by atoms with van der Waals surface area (Å²) in [6, 6.07) is 9.39. The van der Waals surface area contributed by atoms with Crippen LogP contribution in [-0.4, -0.2) is 35.0 Å². The predicted octanol–water partition coefficient (Wildman–Crippen LogP) is 1.33. The van der Waals surface area contributed by atoms with Crippen molar-refractivity contribution in [3.05, 3.63) is 35.9 Å². The molecule has 1 aromatic carbocycles. The van der Waals surface area contributed by atoms with E-state index >= 15 is 0 Å². The van der Waals surface area contributed by atoms with Gasteiger partial charge in [0.25, 0.3) is 0 Å². The van der Waals surface area contributed by atoms with E-state index in [1.807, 2.05) is 44.2 Å². The number of amides is 2. The summed E-state index contributed by atoms with van der Waals surface area (Å²) < 4.78 is 0. The summed E-state index contributed by atoms with van der Waals surface area (Å²) in [5.41, 5.74) is 0.0977. The summed E-state index contributed by atoms with van der Waals surface area (Å²) in [5.74, 6) is -0.410. The summed E-state index contributed by atoms with van der Waals surface area (Å²) >= 11 is 0. The molecule has 2 amide bonds. The molecule has 4 nitrogen and oxygen atoms in total. The van der Waals surface area contributed by atoms with E-state index in [9.17, 15) is 9.59 Å². The molecule has 0 aliphatic carbocycles. The number of imide groups is 1. The lowest BCUT2D eigenvalue weighted by Gasteiger charge is -2.23. The minimum Gasteiger partial charge on any atom is -0.396 e. The Morgan fingerprint density at radius 2 is 1.95 bits per heavy atom. The quantitative estimate of drug-likeness (QED) is 0.832. The Morgan fingerprint density at radius 3 is 2.53 bits per heavy atom. The highest BCUT2D eigenvalue weighted by atomic mass is 16.3. The van der Waals surface area contributed by atoms with E-state index in [1.165, 1.54) is 4.90 Å². The molecular weight excluding hydrogens is 242 g/mol. The van der Waals surface area contributed by atoms with Crippen LogP contribution in [0.1, 0.15) is 25.8 Å². The topological polar surface area (TPSA) is 57.6 Å². The molecule has 2 unspecified atom stereocenters. The molecule has 1 N–H and O–H groups in total. The molecule has 2 atom stereocenters. The molecule has 1 heterocycles. The first-order chi connectivity index (χ1) is 8.99. The van der Waals surface area contributed by atoms with Crippen molar-refractivity contribution in [2.24, 2.45) is 5.92 Å². The Kier molecular flexibility index (Phi) is 3.71. The SMILES string of the molecule is CC(CO)CN1C(=O)CC(C)(c2ccccc2)C1=O. The van der Waals surface area contributed by atoms with Gasteiger partial charge in [-0.2, -0.15) is 0 Å². The van der Waals surface area contributed by atoms with Gasteiger partial charge in [0.1, 0.15) is 0 Å². The molecule has 19 heavy (non-hydrogen) atoms. The molecule has 0 radical (unpaired) electrons. The average Bonchev–Trinajstić information content (AvgIpc) is 2.64. The first-order valence-corrected chi connectivity index (χ1v) is 6.50. The highest BCUT2D eigenvalue weighted by Gasteiger charge is 2.49. The van der Waals surface area contributed by atoms with Crippen molar-refractivity contribution in [1.82, 2.24) is 4.90 Å². The zero-order valence-electron chi connectivity index (χ0n) is 11.3. The number of benzene rings is 1. The van der Waals surface area contributed by atoms with Gasteiger partial charge in [-0.05, 0) is 18.4 Å². The van der Waals surface area contributed by atoms with E-state index in [-0.39, 0.29) is 37.3 Å². The number of rotatable bonds is 4. The van der Waals surface area contributed by atoms with E-state index in [0.29, 0.717) is 0 Å². The van der Waals surface area contributed by atoms with Gasteiger partial charge in [-0.15, -0.1) is 0 Å². The van der Waals surface area contributed by atoms with Crippen LogP contribution in [0.5, 0.6) is 0 Å². The molecule has 1 aromatic rings. The number of hydrogen-bond donors (Lipinski definition) is 1. The lowest BCUT2D eigenvalue weighted by molar-refractivity contribution is -0.140. The van der Waals surface area contributed by atoms with Gasteiger partial charge in [0.2, 0.25) is 11.8 Å². The second-order valence-electron chi connectivity index (χ2n) is 5.47. The van der Waals surface area contributed by atoms with Crippen molar-refractivity contribution in [3.63, 3.8) is 0 Å². The van der Waals surface area contributed by atoms with Crippen LogP contribution in [-0.2, 0) is 15.0 Å². The van der Waals surface area contributed by atoms with E-state index in [1.54, 1.807) is 0 Å². The molecule has 0 aromatic heterocycles. The Hall–Kier alpha value is -1.68. The fourth-order valence-corrected chi connectivity index (χ4v) is 2.47. The summed E-state index contributed by atoms with van der Waals surface area (Å²) in [6.45, 7) is 3.89. The number of carbonyl (C=O) groups is 2. The van der Waals surface area contributed by atoms with Crippen molar-refractivity contribution in [2.45, 2.75) is 25.7 Å². The molecule has 1 fully saturated rings. The number of carbonyl (C=O) groups excluding carboxylic acids is 2. The monoisotopic (exact) mass is 261 g/mol. The fourth-order valence-electron chi connectivity index (χ4n) is 2.47. The Labute approximate surface area is 113 Å². The first kappa shape index (κ1) is 13.7. The van der Waals surface area contributed by atoms with Crippen LogP contribution in [0.2, 0.25) is 0 Å². The van der Waals surface area contributed by atoms with Crippen LogP contribution >= 0.6 is 0 Å². The summed E-state index contributed by atoms with van der Waals surface area (Å²) in [5, 5.41) is 9.07. The highest BCUT2D eigenvalue weighted by molar-refractivity contribution is 6.08. The normalized spacial score (nSPS) is 24.9. The Balaban J connectivity index is 2.27. The molecule has 0 bridgehead atoms. The van der Waals surface area contributed by atoms with Crippen LogP contribution in [0.15, 0.2) is 30.3 Å². The lowest BCUT2D eigenvalue weighted by atomic mass is 9.81. The minimum atomic E-state index is -0.770. The predicted molar refractivity (Wildman–Crippen MR) is 71.4 cm³/mol.